The smallest absolute Gasteiger partial charge is 0.0362 e. The highest BCUT2D eigenvalue weighted by Gasteiger charge is 2.25. The standard InChI is InChI=1S/C10H14N2/c11-6-9-8(7-4-5-7)2-1-3-10(9)12/h1-3,7H,4-6,11-12H2. The predicted molar refractivity (Wildman–Crippen MR) is 50.7 cm³/mol. The molecule has 2 rings (SSSR count). The third kappa shape index (κ3) is 1.18. The summed E-state index contributed by atoms with van der Waals surface area (Å²) in [6.07, 6.45) is 2.60. The van der Waals surface area contributed by atoms with Crippen LogP contribution in [0.25, 0.3) is 0 Å². The van der Waals surface area contributed by atoms with Gasteiger partial charge in [0.05, 0.1) is 0 Å². The fraction of sp³-hybridized carbons (Fsp3) is 0.400. The van der Waals surface area contributed by atoms with Gasteiger partial charge in [0.2, 0.25) is 0 Å². The lowest BCUT2D eigenvalue weighted by Gasteiger charge is -2.08. The molecule has 1 saturated carbocycles. The third-order valence-electron chi connectivity index (χ3n) is 2.47. The van der Waals surface area contributed by atoms with E-state index in [1.54, 1.807) is 0 Å². The van der Waals surface area contributed by atoms with Crippen molar-refractivity contribution in [1.29, 1.82) is 0 Å². The van der Waals surface area contributed by atoms with E-state index >= 15 is 0 Å². The van der Waals surface area contributed by atoms with E-state index < -0.39 is 0 Å². The molecule has 1 fully saturated rings. The second-order valence-electron chi connectivity index (χ2n) is 3.39. The van der Waals surface area contributed by atoms with Gasteiger partial charge in [0.1, 0.15) is 0 Å². The topological polar surface area (TPSA) is 52.0 Å². The molecule has 4 N–H and O–H groups in total. The van der Waals surface area contributed by atoms with Gasteiger partial charge in [-0.3, -0.25) is 0 Å². The maximum Gasteiger partial charge on any atom is 0.0362 e. The van der Waals surface area contributed by atoms with Crippen molar-refractivity contribution in [3.63, 3.8) is 0 Å². The van der Waals surface area contributed by atoms with Gasteiger partial charge in [-0.05, 0) is 36.0 Å². The Balaban J connectivity index is 2.43. The Labute approximate surface area is 72.6 Å². The van der Waals surface area contributed by atoms with Gasteiger partial charge in [-0.25, -0.2) is 0 Å². The molecule has 1 aliphatic carbocycles. The molecule has 64 valence electrons. The van der Waals surface area contributed by atoms with E-state index in [1.165, 1.54) is 18.4 Å². The van der Waals surface area contributed by atoms with E-state index in [0.29, 0.717) is 6.54 Å². The molecular weight excluding hydrogens is 148 g/mol. The average Bonchev–Trinajstić information content (AvgIpc) is 2.86. The number of rotatable bonds is 2. The van der Waals surface area contributed by atoms with Crippen LogP contribution in [0.4, 0.5) is 5.69 Å². The Morgan fingerprint density at radius 3 is 2.67 bits per heavy atom. The van der Waals surface area contributed by atoms with Crippen molar-refractivity contribution in [2.75, 3.05) is 5.73 Å². The predicted octanol–water partition coefficient (Wildman–Crippen LogP) is 1.60. The van der Waals surface area contributed by atoms with Crippen LogP contribution in [-0.4, -0.2) is 0 Å². The van der Waals surface area contributed by atoms with Crippen molar-refractivity contribution in [2.45, 2.75) is 25.3 Å². The van der Waals surface area contributed by atoms with E-state index in [0.717, 1.165) is 17.2 Å². The normalized spacial score (nSPS) is 16.4. The van der Waals surface area contributed by atoms with Crippen molar-refractivity contribution >= 4 is 5.69 Å². The minimum absolute atomic E-state index is 0.568. The second-order valence-corrected chi connectivity index (χ2v) is 3.39. The lowest BCUT2D eigenvalue weighted by atomic mass is 10.0. The summed E-state index contributed by atoms with van der Waals surface area (Å²) in [6, 6.07) is 6.09. The monoisotopic (exact) mass is 162 g/mol. The van der Waals surface area contributed by atoms with Crippen LogP contribution in [-0.2, 0) is 6.54 Å². The molecular formula is C10H14N2. The second kappa shape index (κ2) is 2.79. The highest BCUT2D eigenvalue weighted by Crippen LogP contribution is 2.42. The average molecular weight is 162 g/mol. The fourth-order valence-corrected chi connectivity index (χ4v) is 1.64. The highest BCUT2D eigenvalue weighted by atomic mass is 14.6. The van der Waals surface area contributed by atoms with Crippen LogP contribution >= 0.6 is 0 Å². The summed E-state index contributed by atoms with van der Waals surface area (Å²) in [7, 11) is 0. The quantitative estimate of drug-likeness (QED) is 0.649. The molecule has 12 heavy (non-hydrogen) atoms. The zero-order valence-electron chi connectivity index (χ0n) is 7.09. The maximum atomic E-state index is 5.82. The molecule has 0 spiro atoms. The van der Waals surface area contributed by atoms with E-state index in [1.807, 2.05) is 12.1 Å². The number of nitrogens with two attached hydrogens (primary N) is 2. The van der Waals surface area contributed by atoms with Gasteiger partial charge in [-0.15, -0.1) is 0 Å². The first-order valence-corrected chi connectivity index (χ1v) is 4.40. The fourth-order valence-electron chi connectivity index (χ4n) is 1.64. The van der Waals surface area contributed by atoms with E-state index in [9.17, 15) is 0 Å². The largest absolute Gasteiger partial charge is 0.398 e. The molecule has 0 amide bonds. The summed E-state index contributed by atoms with van der Waals surface area (Å²) in [5, 5.41) is 0. The SMILES string of the molecule is NCc1c(N)cccc1C1CC1. The molecule has 0 unspecified atom stereocenters. The minimum atomic E-state index is 0.568. The van der Waals surface area contributed by atoms with Gasteiger partial charge in [-0.1, -0.05) is 12.1 Å². The summed E-state index contributed by atoms with van der Waals surface area (Å²) in [4.78, 5) is 0. The number of hydrogen-bond donors (Lipinski definition) is 2. The number of hydrogen-bond acceptors (Lipinski definition) is 2. The van der Waals surface area contributed by atoms with E-state index in [-0.39, 0.29) is 0 Å². The molecule has 0 atom stereocenters. The van der Waals surface area contributed by atoms with E-state index in [2.05, 4.69) is 6.07 Å². The lowest BCUT2D eigenvalue weighted by Crippen LogP contribution is -2.04. The summed E-state index contributed by atoms with van der Waals surface area (Å²) < 4.78 is 0. The molecule has 0 bridgehead atoms. The number of benzene rings is 1. The van der Waals surface area contributed by atoms with Crippen molar-refractivity contribution < 1.29 is 0 Å². The molecule has 2 heteroatoms. The highest BCUT2D eigenvalue weighted by molar-refractivity contribution is 5.52. The van der Waals surface area contributed by atoms with Crippen molar-refractivity contribution in [3.8, 4) is 0 Å². The van der Waals surface area contributed by atoms with Crippen LogP contribution in [0.2, 0.25) is 0 Å². The van der Waals surface area contributed by atoms with Crippen molar-refractivity contribution in [1.82, 2.24) is 0 Å². The molecule has 1 aromatic rings. The zero-order valence-corrected chi connectivity index (χ0v) is 7.09. The first kappa shape index (κ1) is 7.62. The number of anilines is 1. The van der Waals surface area contributed by atoms with Gasteiger partial charge < -0.3 is 11.5 Å². The first-order valence-electron chi connectivity index (χ1n) is 4.40. The van der Waals surface area contributed by atoms with Crippen LogP contribution in [0.1, 0.15) is 29.9 Å². The Hall–Kier alpha value is -1.02. The Morgan fingerprint density at radius 1 is 1.33 bits per heavy atom. The van der Waals surface area contributed by atoms with E-state index in [4.69, 9.17) is 11.5 Å². The molecule has 1 aliphatic rings. The zero-order chi connectivity index (χ0) is 8.55. The van der Waals surface area contributed by atoms with Crippen LogP contribution in [0.5, 0.6) is 0 Å². The molecule has 0 saturated heterocycles. The molecule has 0 heterocycles. The minimum Gasteiger partial charge on any atom is -0.398 e. The van der Waals surface area contributed by atoms with Crippen LogP contribution < -0.4 is 11.5 Å². The molecule has 1 aromatic carbocycles. The first-order chi connectivity index (χ1) is 5.83. The molecule has 0 aliphatic heterocycles. The van der Waals surface area contributed by atoms with Gasteiger partial charge in [0, 0.05) is 12.2 Å². The van der Waals surface area contributed by atoms with Gasteiger partial charge in [-0.2, -0.15) is 0 Å². The van der Waals surface area contributed by atoms with Gasteiger partial charge in [0.25, 0.3) is 0 Å². The van der Waals surface area contributed by atoms with Gasteiger partial charge in [0.15, 0.2) is 0 Å². The Morgan fingerprint density at radius 2 is 2.08 bits per heavy atom. The van der Waals surface area contributed by atoms with Crippen LogP contribution in [0.15, 0.2) is 18.2 Å². The molecule has 0 aromatic heterocycles. The molecule has 2 nitrogen and oxygen atoms in total. The van der Waals surface area contributed by atoms with Crippen LogP contribution in [0.3, 0.4) is 0 Å². The lowest BCUT2D eigenvalue weighted by molar-refractivity contribution is 1.00. The Bertz CT molecular complexity index is 290. The molecule has 0 radical (unpaired) electrons. The van der Waals surface area contributed by atoms with Crippen molar-refractivity contribution in [2.24, 2.45) is 5.73 Å². The summed E-state index contributed by atoms with van der Waals surface area (Å²) >= 11 is 0. The Kier molecular flexibility index (Phi) is 1.77. The maximum absolute atomic E-state index is 5.82. The summed E-state index contributed by atoms with van der Waals surface area (Å²) in [5.74, 6) is 0.743. The third-order valence-corrected chi connectivity index (χ3v) is 2.47. The number of nitrogen functional groups attached to an aromatic ring is 1. The van der Waals surface area contributed by atoms with Gasteiger partial charge >= 0.3 is 0 Å². The van der Waals surface area contributed by atoms with Crippen molar-refractivity contribution in [3.05, 3.63) is 29.3 Å². The summed E-state index contributed by atoms with van der Waals surface area (Å²) in [5.41, 5.74) is 14.8. The summed E-state index contributed by atoms with van der Waals surface area (Å²) in [6.45, 7) is 0.568. The van der Waals surface area contributed by atoms with Crippen LogP contribution in [0, 0.1) is 0 Å².